The third-order valence-corrected chi connectivity index (χ3v) is 4.16. The Morgan fingerprint density at radius 3 is 2.55 bits per heavy atom. The van der Waals surface area contributed by atoms with Gasteiger partial charge in [-0.25, -0.2) is 4.79 Å². The van der Waals surface area contributed by atoms with Gasteiger partial charge in [-0.15, -0.1) is 0 Å². The van der Waals surface area contributed by atoms with Crippen LogP contribution in [0.1, 0.15) is 52.9 Å². The summed E-state index contributed by atoms with van der Waals surface area (Å²) < 4.78 is 0. The molecule has 1 saturated heterocycles. The number of nitrogens with zero attached hydrogens (tertiary/aromatic N) is 2. The second-order valence-corrected chi connectivity index (χ2v) is 5.67. The lowest BCUT2D eigenvalue weighted by molar-refractivity contribution is -0.141. The Labute approximate surface area is 121 Å². The number of carboxylic acids is 1. The van der Waals surface area contributed by atoms with Gasteiger partial charge >= 0.3 is 12.0 Å². The monoisotopic (exact) mass is 284 g/mol. The molecule has 2 amide bonds. The van der Waals surface area contributed by atoms with Crippen molar-refractivity contribution in [3.05, 3.63) is 0 Å². The van der Waals surface area contributed by atoms with E-state index in [0.29, 0.717) is 12.6 Å². The predicted molar refractivity (Wildman–Crippen MR) is 78.7 cm³/mol. The number of rotatable bonds is 5. The molecule has 0 spiro atoms. The van der Waals surface area contributed by atoms with E-state index in [1.54, 1.807) is 11.8 Å². The first-order valence-corrected chi connectivity index (χ1v) is 7.79. The Balaban J connectivity index is 2.74. The van der Waals surface area contributed by atoms with Crippen LogP contribution in [0.3, 0.4) is 0 Å². The van der Waals surface area contributed by atoms with Gasteiger partial charge in [-0.3, -0.25) is 4.79 Å². The fourth-order valence-corrected chi connectivity index (χ4v) is 2.79. The molecule has 0 aromatic rings. The van der Waals surface area contributed by atoms with E-state index >= 15 is 0 Å². The molecule has 1 aliphatic rings. The minimum atomic E-state index is -0.848. The number of hydrogen-bond acceptors (Lipinski definition) is 2. The molecule has 1 heterocycles. The van der Waals surface area contributed by atoms with Crippen LogP contribution >= 0.6 is 0 Å². The second kappa shape index (κ2) is 8.12. The maximum atomic E-state index is 12.7. The number of carbonyl (C=O) groups excluding carboxylic acids is 1. The standard InChI is InChI=1S/C15H28N2O3/c1-4-13-9-7-6-8-10-17(13)15(20)16(5-2)11-12(3)14(18)19/h12-13H,4-11H2,1-3H3,(H,18,19). The van der Waals surface area contributed by atoms with Gasteiger partial charge in [-0.05, 0) is 26.2 Å². The molecule has 1 rings (SSSR count). The van der Waals surface area contributed by atoms with Crippen molar-refractivity contribution in [2.24, 2.45) is 5.92 Å². The Morgan fingerprint density at radius 2 is 2.00 bits per heavy atom. The summed E-state index contributed by atoms with van der Waals surface area (Å²) in [5.41, 5.74) is 0. The van der Waals surface area contributed by atoms with Gasteiger partial charge in [0.25, 0.3) is 0 Å². The van der Waals surface area contributed by atoms with Crippen LogP contribution in [-0.4, -0.2) is 52.6 Å². The van der Waals surface area contributed by atoms with E-state index in [1.165, 1.54) is 12.8 Å². The molecular formula is C15H28N2O3. The highest BCUT2D eigenvalue weighted by Gasteiger charge is 2.28. The van der Waals surface area contributed by atoms with Crippen LogP contribution in [0, 0.1) is 5.92 Å². The van der Waals surface area contributed by atoms with Crippen molar-refractivity contribution in [2.75, 3.05) is 19.6 Å². The molecule has 2 unspecified atom stereocenters. The number of carbonyl (C=O) groups is 2. The normalized spacial score (nSPS) is 21.1. The van der Waals surface area contributed by atoms with Crippen LogP contribution < -0.4 is 0 Å². The van der Waals surface area contributed by atoms with Crippen LogP contribution in [0.4, 0.5) is 4.79 Å². The fourth-order valence-electron chi connectivity index (χ4n) is 2.79. The lowest BCUT2D eigenvalue weighted by Crippen LogP contribution is -2.49. The number of carboxylic acid groups (broad SMARTS) is 1. The molecule has 0 aromatic carbocycles. The Hall–Kier alpha value is -1.26. The van der Waals surface area contributed by atoms with Crippen molar-refractivity contribution in [3.8, 4) is 0 Å². The zero-order chi connectivity index (χ0) is 15.1. The van der Waals surface area contributed by atoms with Crippen molar-refractivity contribution < 1.29 is 14.7 Å². The Kier molecular flexibility index (Phi) is 6.82. The van der Waals surface area contributed by atoms with Crippen LogP contribution in [0.5, 0.6) is 0 Å². The van der Waals surface area contributed by atoms with Crippen LogP contribution in [0.15, 0.2) is 0 Å². The first-order chi connectivity index (χ1) is 9.51. The van der Waals surface area contributed by atoms with E-state index in [2.05, 4.69) is 6.92 Å². The molecule has 2 atom stereocenters. The van der Waals surface area contributed by atoms with E-state index in [-0.39, 0.29) is 12.6 Å². The van der Waals surface area contributed by atoms with E-state index in [0.717, 1.165) is 25.8 Å². The van der Waals surface area contributed by atoms with Gasteiger partial charge < -0.3 is 14.9 Å². The molecule has 0 bridgehead atoms. The van der Waals surface area contributed by atoms with E-state index in [9.17, 15) is 9.59 Å². The molecule has 0 aromatic heterocycles. The summed E-state index contributed by atoms with van der Waals surface area (Å²) in [5.74, 6) is -1.37. The SMILES string of the molecule is CCC1CCCCCN1C(=O)N(CC)CC(C)C(=O)O. The molecule has 20 heavy (non-hydrogen) atoms. The number of hydrogen-bond donors (Lipinski definition) is 1. The quantitative estimate of drug-likeness (QED) is 0.844. The van der Waals surface area contributed by atoms with Crippen molar-refractivity contribution in [3.63, 3.8) is 0 Å². The van der Waals surface area contributed by atoms with Crippen molar-refractivity contribution in [2.45, 2.75) is 58.9 Å². The van der Waals surface area contributed by atoms with Crippen molar-refractivity contribution in [1.82, 2.24) is 9.80 Å². The third-order valence-electron chi connectivity index (χ3n) is 4.16. The van der Waals surface area contributed by atoms with Gasteiger partial charge in [0.05, 0.1) is 5.92 Å². The summed E-state index contributed by atoms with van der Waals surface area (Å²) in [6, 6.07) is 0.313. The smallest absolute Gasteiger partial charge is 0.320 e. The van der Waals surface area contributed by atoms with Gasteiger partial charge in [0.1, 0.15) is 0 Å². The molecule has 1 N–H and O–H groups in total. The van der Waals surface area contributed by atoms with Gasteiger partial charge in [-0.1, -0.05) is 26.7 Å². The summed E-state index contributed by atoms with van der Waals surface area (Å²) in [5, 5.41) is 9.01. The number of amides is 2. The molecule has 116 valence electrons. The molecule has 0 radical (unpaired) electrons. The highest BCUT2D eigenvalue weighted by molar-refractivity contribution is 5.76. The van der Waals surface area contributed by atoms with E-state index in [1.807, 2.05) is 11.8 Å². The van der Waals surface area contributed by atoms with Crippen LogP contribution in [-0.2, 0) is 4.79 Å². The first kappa shape index (κ1) is 16.8. The highest BCUT2D eigenvalue weighted by Crippen LogP contribution is 2.21. The fraction of sp³-hybridized carbons (Fsp3) is 0.867. The zero-order valence-electron chi connectivity index (χ0n) is 13.0. The minimum Gasteiger partial charge on any atom is -0.481 e. The summed E-state index contributed by atoms with van der Waals surface area (Å²) in [7, 11) is 0. The van der Waals surface area contributed by atoms with Gasteiger partial charge in [-0.2, -0.15) is 0 Å². The number of likely N-dealkylation sites (tertiary alicyclic amines) is 1. The van der Waals surface area contributed by atoms with Gasteiger partial charge in [0.2, 0.25) is 0 Å². The number of aliphatic carboxylic acids is 1. The third kappa shape index (κ3) is 4.39. The lowest BCUT2D eigenvalue weighted by Gasteiger charge is -2.35. The molecule has 5 heteroatoms. The molecule has 1 aliphatic heterocycles. The Morgan fingerprint density at radius 1 is 1.30 bits per heavy atom. The molecule has 0 aliphatic carbocycles. The maximum Gasteiger partial charge on any atom is 0.320 e. The number of urea groups is 1. The first-order valence-electron chi connectivity index (χ1n) is 7.79. The van der Waals surface area contributed by atoms with Crippen LogP contribution in [0.2, 0.25) is 0 Å². The van der Waals surface area contributed by atoms with E-state index in [4.69, 9.17) is 5.11 Å². The van der Waals surface area contributed by atoms with Gasteiger partial charge in [0, 0.05) is 25.7 Å². The largest absolute Gasteiger partial charge is 0.481 e. The van der Waals surface area contributed by atoms with Crippen molar-refractivity contribution in [1.29, 1.82) is 0 Å². The molecular weight excluding hydrogens is 256 g/mol. The van der Waals surface area contributed by atoms with Gasteiger partial charge in [0.15, 0.2) is 0 Å². The highest BCUT2D eigenvalue weighted by atomic mass is 16.4. The zero-order valence-corrected chi connectivity index (χ0v) is 13.0. The second-order valence-electron chi connectivity index (χ2n) is 5.67. The minimum absolute atomic E-state index is 0.00866. The topological polar surface area (TPSA) is 60.9 Å². The average molecular weight is 284 g/mol. The molecule has 5 nitrogen and oxygen atoms in total. The average Bonchev–Trinajstić information content (AvgIpc) is 2.68. The van der Waals surface area contributed by atoms with E-state index < -0.39 is 11.9 Å². The summed E-state index contributed by atoms with van der Waals surface area (Å²) in [6.07, 6.45) is 5.44. The van der Waals surface area contributed by atoms with Crippen LogP contribution in [0.25, 0.3) is 0 Å². The molecule has 1 fully saturated rings. The predicted octanol–water partition coefficient (Wildman–Crippen LogP) is 2.80. The Bertz CT molecular complexity index is 333. The summed E-state index contributed by atoms with van der Waals surface area (Å²) in [4.78, 5) is 27.3. The summed E-state index contributed by atoms with van der Waals surface area (Å²) >= 11 is 0. The lowest BCUT2D eigenvalue weighted by atomic mass is 10.1. The van der Waals surface area contributed by atoms with Crippen molar-refractivity contribution >= 4 is 12.0 Å². The maximum absolute atomic E-state index is 12.7. The molecule has 0 saturated carbocycles. The summed E-state index contributed by atoms with van der Waals surface area (Å²) in [6.45, 7) is 7.33.